The van der Waals surface area contributed by atoms with Crippen molar-refractivity contribution in [1.29, 1.82) is 0 Å². The number of benzene rings is 1. The van der Waals surface area contributed by atoms with Crippen LogP contribution in [0, 0.1) is 0 Å². The maximum atomic E-state index is 10.7. The third-order valence-electron chi connectivity index (χ3n) is 4.36. The topological polar surface area (TPSA) is 60.7 Å². The SMILES string of the molecule is Cn1c(-c2ccccn2)nc(-c2ccc(CC=O)nc2)c1Sc1ccc(Cl)cc1. The summed E-state index contributed by atoms with van der Waals surface area (Å²) < 4.78 is 2.04. The molecule has 1 aromatic carbocycles. The zero-order chi connectivity index (χ0) is 20.2. The minimum atomic E-state index is 0.300. The van der Waals surface area contributed by atoms with Crippen molar-refractivity contribution >= 4 is 29.6 Å². The Morgan fingerprint density at radius 2 is 1.90 bits per heavy atom. The Hall–Kier alpha value is -2.96. The predicted molar refractivity (Wildman–Crippen MR) is 115 cm³/mol. The van der Waals surface area contributed by atoms with Crippen LogP contribution >= 0.6 is 23.4 Å². The van der Waals surface area contributed by atoms with Crippen LogP contribution in [0.25, 0.3) is 22.8 Å². The van der Waals surface area contributed by atoms with Crippen molar-refractivity contribution in [2.75, 3.05) is 0 Å². The van der Waals surface area contributed by atoms with Crippen molar-refractivity contribution in [3.8, 4) is 22.8 Å². The summed E-state index contributed by atoms with van der Waals surface area (Å²) in [5.41, 5.74) is 3.23. The molecule has 0 aliphatic rings. The van der Waals surface area contributed by atoms with Crippen LogP contribution in [-0.2, 0) is 18.3 Å². The molecule has 4 aromatic rings. The molecule has 0 spiro atoms. The van der Waals surface area contributed by atoms with Crippen LogP contribution in [0.1, 0.15) is 5.69 Å². The summed E-state index contributed by atoms with van der Waals surface area (Å²) >= 11 is 7.63. The van der Waals surface area contributed by atoms with Gasteiger partial charge >= 0.3 is 0 Å². The maximum absolute atomic E-state index is 10.7. The second kappa shape index (κ2) is 8.59. The van der Waals surface area contributed by atoms with E-state index in [9.17, 15) is 4.79 Å². The van der Waals surface area contributed by atoms with Crippen LogP contribution in [-0.4, -0.2) is 25.8 Å². The van der Waals surface area contributed by atoms with E-state index in [4.69, 9.17) is 16.6 Å². The van der Waals surface area contributed by atoms with E-state index in [1.807, 2.05) is 66.2 Å². The van der Waals surface area contributed by atoms with Crippen LogP contribution in [0.2, 0.25) is 5.02 Å². The molecule has 0 saturated carbocycles. The van der Waals surface area contributed by atoms with E-state index in [1.54, 1.807) is 24.2 Å². The number of aldehydes is 1. The normalized spacial score (nSPS) is 10.8. The number of carbonyl (C=O) groups excluding carboxylic acids is 1. The molecule has 7 heteroatoms. The minimum Gasteiger partial charge on any atom is -0.320 e. The van der Waals surface area contributed by atoms with Crippen LogP contribution < -0.4 is 0 Å². The van der Waals surface area contributed by atoms with E-state index in [2.05, 4.69) is 9.97 Å². The van der Waals surface area contributed by atoms with Crippen LogP contribution in [0.15, 0.2) is 76.9 Å². The van der Waals surface area contributed by atoms with E-state index in [-0.39, 0.29) is 0 Å². The molecule has 0 amide bonds. The molecule has 0 radical (unpaired) electrons. The van der Waals surface area contributed by atoms with Gasteiger partial charge in [-0.2, -0.15) is 0 Å². The van der Waals surface area contributed by atoms with Gasteiger partial charge in [-0.25, -0.2) is 4.98 Å². The molecule has 0 bridgehead atoms. The van der Waals surface area contributed by atoms with Crippen LogP contribution in [0.3, 0.4) is 0 Å². The van der Waals surface area contributed by atoms with Crippen molar-refractivity contribution in [3.63, 3.8) is 0 Å². The number of imidazole rings is 1. The monoisotopic (exact) mass is 420 g/mol. The van der Waals surface area contributed by atoms with Crippen LogP contribution in [0.5, 0.6) is 0 Å². The first-order valence-electron chi connectivity index (χ1n) is 8.96. The van der Waals surface area contributed by atoms with Crippen molar-refractivity contribution in [2.24, 2.45) is 7.05 Å². The summed E-state index contributed by atoms with van der Waals surface area (Å²) in [7, 11) is 1.98. The number of hydrogen-bond acceptors (Lipinski definition) is 5. The fourth-order valence-corrected chi connectivity index (χ4v) is 4.00. The smallest absolute Gasteiger partial charge is 0.159 e. The van der Waals surface area contributed by atoms with Crippen molar-refractivity contribution < 1.29 is 4.79 Å². The van der Waals surface area contributed by atoms with Gasteiger partial charge in [-0.05, 0) is 48.5 Å². The van der Waals surface area contributed by atoms with Gasteiger partial charge < -0.3 is 9.36 Å². The van der Waals surface area contributed by atoms with Gasteiger partial charge in [0.2, 0.25) is 0 Å². The summed E-state index contributed by atoms with van der Waals surface area (Å²) in [5.74, 6) is 0.772. The Balaban J connectivity index is 1.81. The number of halogens is 1. The second-order valence-corrected chi connectivity index (χ2v) is 7.83. The van der Waals surface area contributed by atoms with Crippen molar-refractivity contribution in [3.05, 3.63) is 77.7 Å². The van der Waals surface area contributed by atoms with E-state index < -0.39 is 0 Å². The Labute approximate surface area is 177 Å². The van der Waals surface area contributed by atoms with Crippen LogP contribution in [0.4, 0.5) is 0 Å². The van der Waals surface area contributed by atoms with Crippen molar-refractivity contribution in [1.82, 2.24) is 19.5 Å². The Morgan fingerprint density at radius 3 is 2.55 bits per heavy atom. The fourth-order valence-electron chi connectivity index (χ4n) is 2.90. The number of aromatic nitrogens is 4. The number of rotatable bonds is 6. The molecule has 5 nitrogen and oxygen atoms in total. The van der Waals surface area contributed by atoms with Gasteiger partial charge in [0, 0.05) is 47.0 Å². The molecular weight excluding hydrogens is 404 g/mol. The molecule has 0 aliphatic heterocycles. The third-order valence-corrected chi connectivity index (χ3v) is 5.78. The molecule has 0 aliphatic carbocycles. The summed E-state index contributed by atoms with van der Waals surface area (Å²) in [5, 5.41) is 1.67. The van der Waals surface area contributed by atoms with Gasteiger partial charge in [-0.15, -0.1) is 0 Å². The summed E-state index contributed by atoms with van der Waals surface area (Å²) in [6, 6.07) is 17.3. The number of pyridine rings is 2. The Morgan fingerprint density at radius 1 is 1.07 bits per heavy atom. The quantitative estimate of drug-likeness (QED) is 0.406. The number of nitrogens with zero attached hydrogens (tertiary/aromatic N) is 4. The van der Waals surface area contributed by atoms with Gasteiger partial charge in [0.05, 0.1) is 0 Å². The first-order chi connectivity index (χ1) is 14.2. The zero-order valence-corrected chi connectivity index (χ0v) is 17.2. The van der Waals surface area contributed by atoms with Gasteiger partial charge in [0.15, 0.2) is 5.82 Å². The summed E-state index contributed by atoms with van der Waals surface area (Å²) in [4.78, 5) is 25.5. The minimum absolute atomic E-state index is 0.300. The van der Waals surface area contributed by atoms with E-state index in [0.29, 0.717) is 11.4 Å². The summed E-state index contributed by atoms with van der Waals surface area (Å²) in [6.07, 6.45) is 4.67. The molecule has 4 rings (SSSR count). The van der Waals surface area contributed by atoms with Crippen molar-refractivity contribution in [2.45, 2.75) is 16.3 Å². The molecule has 0 unspecified atom stereocenters. The predicted octanol–water partition coefficient (Wildman–Crippen LogP) is 5.09. The van der Waals surface area contributed by atoms with Gasteiger partial charge in [-0.3, -0.25) is 9.97 Å². The zero-order valence-electron chi connectivity index (χ0n) is 15.6. The number of hydrogen-bond donors (Lipinski definition) is 0. The van der Waals surface area contributed by atoms with Gasteiger partial charge in [0.25, 0.3) is 0 Å². The maximum Gasteiger partial charge on any atom is 0.159 e. The highest BCUT2D eigenvalue weighted by Crippen LogP contribution is 2.38. The fraction of sp³-hybridized carbons (Fsp3) is 0.0909. The standard InChI is InChI=1S/C22H17ClN4OS/c1-27-21(19-4-2-3-12-24-19)26-20(15-5-8-17(11-13-28)25-14-15)22(27)29-18-9-6-16(23)7-10-18/h2-10,12-14H,11H2,1H3. The molecule has 144 valence electrons. The molecule has 29 heavy (non-hydrogen) atoms. The highest BCUT2D eigenvalue weighted by molar-refractivity contribution is 7.99. The third kappa shape index (κ3) is 4.23. The lowest BCUT2D eigenvalue weighted by atomic mass is 10.2. The average molecular weight is 421 g/mol. The van der Waals surface area contributed by atoms with E-state index in [0.717, 1.165) is 44.7 Å². The molecule has 0 atom stereocenters. The highest BCUT2D eigenvalue weighted by Gasteiger charge is 2.19. The molecule has 0 saturated heterocycles. The lowest BCUT2D eigenvalue weighted by Crippen LogP contribution is -1.96. The molecule has 3 heterocycles. The largest absolute Gasteiger partial charge is 0.320 e. The molecular formula is C22H17ClN4OS. The second-order valence-electron chi connectivity index (χ2n) is 6.33. The molecule has 3 aromatic heterocycles. The number of carbonyl (C=O) groups is 1. The van der Waals surface area contributed by atoms with E-state index in [1.165, 1.54) is 0 Å². The summed E-state index contributed by atoms with van der Waals surface area (Å²) in [6.45, 7) is 0. The first-order valence-corrected chi connectivity index (χ1v) is 10.2. The van der Waals surface area contributed by atoms with Gasteiger partial charge in [-0.1, -0.05) is 29.4 Å². The average Bonchev–Trinajstić information content (AvgIpc) is 3.07. The Bertz CT molecular complexity index is 1130. The Kier molecular flexibility index (Phi) is 5.74. The first kappa shape index (κ1) is 19.4. The van der Waals surface area contributed by atoms with E-state index >= 15 is 0 Å². The lowest BCUT2D eigenvalue weighted by Gasteiger charge is -2.07. The lowest BCUT2D eigenvalue weighted by molar-refractivity contribution is -0.107. The highest BCUT2D eigenvalue weighted by atomic mass is 35.5. The molecule has 0 N–H and O–H groups in total. The van der Waals surface area contributed by atoms with Gasteiger partial charge in [0.1, 0.15) is 22.7 Å². The molecule has 0 fully saturated rings.